The first kappa shape index (κ1) is 12.2. The van der Waals surface area contributed by atoms with Gasteiger partial charge in [0.05, 0.1) is 29.1 Å². The molecule has 0 aliphatic heterocycles. The monoisotopic (exact) mass is 248 g/mol. The van der Waals surface area contributed by atoms with Gasteiger partial charge in [0.1, 0.15) is 0 Å². The lowest BCUT2D eigenvalue weighted by molar-refractivity contribution is -0.384. The lowest BCUT2D eigenvalue weighted by Gasteiger charge is -1.98. The van der Waals surface area contributed by atoms with Gasteiger partial charge in [-0.3, -0.25) is 10.1 Å². The van der Waals surface area contributed by atoms with Crippen molar-refractivity contribution in [1.82, 2.24) is 15.0 Å². The Kier molecular flexibility index (Phi) is 3.63. The van der Waals surface area contributed by atoms with Crippen molar-refractivity contribution < 1.29 is 9.66 Å². The van der Waals surface area contributed by atoms with E-state index in [2.05, 4.69) is 10.3 Å². The number of aromatic nitrogens is 3. The Balaban J connectivity index is 2.15. The molecule has 7 heteroatoms. The maximum atomic E-state index is 10.5. The van der Waals surface area contributed by atoms with Crippen LogP contribution in [-0.4, -0.2) is 33.6 Å². The van der Waals surface area contributed by atoms with Crippen molar-refractivity contribution in [3.05, 3.63) is 46.3 Å². The minimum absolute atomic E-state index is 0.0541. The van der Waals surface area contributed by atoms with E-state index in [1.165, 1.54) is 12.1 Å². The first-order valence-corrected chi connectivity index (χ1v) is 5.35. The van der Waals surface area contributed by atoms with E-state index in [0.717, 1.165) is 11.4 Å². The lowest BCUT2D eigenvalue weighted by Crippen LogP contribution is -1.95. The molecule has 0 atom stereocenters. The fraction of sp³-hybridized carbons (Fsp3) is 0.273. The molecule has 0 spiro atoms. The molecule has 0 fully saturated rings. The number of methoxy groups -OCH3 is 1. The molecule has 1 aromatic carbocycles. The molecule has 18 heavy (non-hydrogen) atoms. The number of nitrogens with zero attached hydrogens (tertiary/aromatic N) is 4. The summed E-state index contributed by atoms with van der Waals surface area (Å²) in [6.45, 7) is 0.582. The number of nitro benzene ring substituents is 1. The van der Waals surface area contributed by atoms with Crippen molar-refractivity contribution in [3.8, 4) is 5.69 Å². The van der Waals surface area contributed by atoms with E-state index < -0.39 is 4.92 Å². The van der Waals surface area contributed by atoms with Crippen molar-refractivity contribution in [2.45, 2.75) is 6.42 Å². The molecule has 94 valence electrons. The maximum Gasteiger partial charge on any atom is 0.269 e. The second kappa shape index (κ2) is 5.37. The highest BCUT2D eigenvalue weighted by atomic mass is 16.6. The van der Waals surface area contributed by atoms with E-state index in [0.29, 0.717) is 13.0 Å². The quantitative estimate of drug-likeness (QED) is 0.589. The molecule has 0 radical (unpaired) electrons. The second-order valence-corrected chi connectivity index (χ2v) is 3.67. The molecule has 1 aromatic heterocycles. The molecule has 7 nitrogen and oxygen atoms in total. The Morgan fingerprint density at radius 3 is 2.72 bits per heavy atom. The maximum absolute atomic E-state index is 10.5. The van der Waals surface area contributed by atoms with Gasteiger partial charge in [0, 0.05) is 25.7 Å². The average Bonchev–Trinajstić information content (AvgIpc) is 2.85. The number of non-ortho nitro benzene ring substituents is 1. The van der Waals surface area contributed by atoms with Gasteiger partial charge in [0.25, 0.3) is 5.69 Å². The van der Waals surface area contributed by atoms with Crippen LogP contribution in [-0.2, 0) is 11.2 Å². The molecule has 1 heterocycles. The molecule has 0 unspecified atom stereocenters. The molecule has 0 bridgehead atoms. The highest BCUT2D eigenvalue weighted by molar-refractivity contribution is 5.40. The number of benzene rings is 1. The second-order valence-electron chi connectivity index (χ2n) is 3.67. The third kappa shape index (κ3) is 2.69. The van der Waals surface area contributed by atoms with Crippen molar-refractivity contribution in [3.63, 3.8) is 0 Å². The summed E-state index contributed by atoms with van der Waals surface area (Å²) in [5.41, 5.74) is 1.60. The minimum Gasteiger partial charge on any atom is -0.384 e. The number of rotatable bonds is 5. The van der Waals surface area contributed by atoms with E-state index in [9.17, 15) is 10.1 Å². The smallest absolute Gasteiger partial charge is 0.269 e. The molecule has 2 aromatic rings. The van der Waals surface area contributed by atoms with Gasteiger partial charge in [-0.25, -0.2) is 4.68 Å². The predicted octanol–water partition coefficient (Wildman–Crippen LogP) is 1.36. The predicted molar refractivity (Wildman–Crippen MR) is 63.6 cm³/mol. The van der Waals surface area contributed by atoms with Crippen LogP contribution in [0.15, 0.2) is 30.5 Å². The van der Waals surface area contributed by atoms with Crippen molar-refractivity contribution in [2.24, 2.45) is 0 Å². The molecule has 0 saturated carbocycles. The molecule has 0 amide bonds. The number of nitro groups is 1. The zero-order valence-electron chi connectivity index (χ0n) is 9.81. The van der Waals surface area contributed by atoms with E-state index in [4.69, 9.17) is 4.74 Å². The Labute approximate surface area is 103 Å². The zero-order chi connectivity index (χ0) is 13.0. The van der Waals surface area contributed by atoms with E-state index in [1.807, 2.05) is 0 Å². The molecule has 0 N–H and O–H groups in total. The number of hydrogen-bond acceptors (Lipinski definition) is 5. The molecular weight excluding hydrogens is 236 g/mol. The van der Waals surface area contributed by atoms with Crippen LogP contribution < -0.4 is 0 Å². The summed E-state index contributed by atoms with van der Waals surface area (Å²) < 4.78 is 6.53. The summed E-state index contributed by atoms with van der Waals surface area (Å²) in [6, 6.07) is 6.14. The van der Waals surface area contributed by atoms with Crippen LogP contribution in [0, 0.1) is 10.1 Å². The summed E-state index contributed by atoms with van der Waals surface area (Å²) in [7, 11) is 1.63. The van der Waals surface area contributed by atoms with Crippen molar-refractivity contribution >= 4 is 5.69 Å². The largest absolute Gasteiger partial charge is 0.384 e. The van der Waals surface area contributed by atoms with Gasteiger partial charge < -0.3 is 4.74 Å². The van der Waals surface area contributed by atoms with Gasteiger partial charge in [-0.15, -0.1) is 5.10 Å². The fourth-order valence-electron chi connectivity index (χ4n) is 1.47. The Hall–Kier alpha value is -2.28. The van der Waals surface area contributed by atoms with Gasteiger partial charge in [-0.1, -0.05) is 5.21 Å². The minimum atomic E-state index is -0.435. The third-order valence-corrected chi connectivity index (χ3v) is 2.43. The van der Waals surface area contributed by atoms with Gasteiger partial charge in [0.15, 0.2) is 0 Å². The summed E-state index contributed by atoms with van der Waals surface area (Å²) in [4.78, 5) is 10.1. The number of hydrogen-bond donors (Lipinski definition) is 0. The summed E-state index contributed by atoms with van der Waals surface area (Å²) >= 11 is 0. The van der Waals surface area contributed by atoms with E-state index in [-0.39, 0.29) is 5.69 Å². The lowest BCUT2D eigenvalue weighted by atomic mass is 10.3. The molecule has 0 saturated heterocycles. The van der Waals surface area contributed by atoms with Gasteiger partial charge >= 0.3 is 0 Å². The average molecular weight is 248 g/mol. The van der Waals surface area contributed by atoms with Crippen molar-refractivity contribution in [1.29, 1.82) is 0 Å². The molecular formula is C11H12N4O3. The van der Waals surface area contributed by atoms with E-state index in [1.54, 1.807) is 30.1 Å². The Morgan fingerprint density at radius 2 is 2.11 bits per heavy atom. The van der Waals surface area contributed by atoms with Crippen LogP contribution in [0.1, 0.15) is 5.69 Å². The third-order valence-electron chi connectivity index (χ3n) is 2.43. The summed E-state index contributed by atoms with van der Waals surface area (Å²) in [5.74, 6) is 0. The number of ether oxygens (including phenoxy) is 1. The first-order chi connectivity index (χ1) is 8.70. The summed E-state index contributed by atoms with van der Waals surface area (Å²) in [6.07, 6.45) is 2.46. The SMILES string of the molecule is COCCc1cn(-c2ccc([N+](=O)[O-])cc2)nn1. The summed E-state index contributed by atoms with van der Waals surface area (Å²) in [5, 5.41) is 18.5. The first-order valence-electron chi connectivity index (χ1n) is 5.35. The topological polar surface area (TPSA) is 83.1 Å². The fourth-order valence-corrected chi connectivity index (χ4v) is 1.47. The van der Waals surface area contributed by atoms with Crippen LogP contribution in [0.25, 0.3) is 5.69 Å². The highest BCUT2D eigenvalue weighted by Gasteiger charge is 2.06. The van der Waals surface area contributed by atoms with Gasteiger partial charge in [-0.05, 0) is 12.1 Å². The Bertz CT molecular complexity index is 535. The zero-order valence-corrected chi connectivity index (χ0v) is 9.81. The van der Waals surface area contributed by atoms with Crippen LogP contribution >= 0.6 is 0 Å². The highest BCUT2D eigenvalue weighted by Crippen LogP contribution is 2.14. The normalized spacial score (nSPS) is 10.5. The van der Waals surface area contributed by atoms with Crippen LogP contribution in [0.2, 0.25) is 0 Å². The molecule has 2 rings (SSSR count). The Morgan fingerprint density at radius 1 is 1.39 bits per heavy atom. The van der Waals surface area contributed by atoms with Crippen molar-refractivity contribution in [2.75, 3.05) is 13.7 Å². The van der Waals surface area contributed by atoms with Gasteiger partial charge in [0.2, 0.25) is 0 Å². The van der Waals surface area contributed by atoms with E-state index >= 15 is 0 Å². The van der Waals surface area contributed by atoms with Gasteiger partial charge in [-0.2, -0.15) is 0 Å². The van der Waals surface area contributed by atoms with Crippen LogP contribution in [0.4, 0.5) is 5.69 Å². The molecule has 0 aliphatic carbocycles. The molecule has 0 aliphatic rings. The standard InChI is InChI=1S/C11H12N4O3/c1-18-7-6-9-8-14(13-12-9)10-2-4-11(5-3-10)15(16)17/h2-5,8H,6-7H2,1H3. The van der Waals surface area contributed by atoms with Crippen LogP contribution in [0.5, 0.6) is 0 Å². The van der Waals surface area contributed by atoms with Crippen LogP contribution in [0.3, 0.4) is 0 Å².